The third kappa shape index (κ3) is 5.25. The highest BCUT2D eigenvalue weighted by molar-refractivity contribution is 5.37. The minimum absolute atomic E-state index is 0.229. The van der Waals surface area contributed by atoms with Crippen LogP contribution in [0.15, 0.2) is 42.5 Å². The zero-order chi connectivity index (χ0) is 19.4. The average molecular weight is 380 g/mol. The van der Waals surface area contributed by atoms with Gasteiger partial charge in [-0.15, -0.1) is 0 Å². The topological polar surface area (TPSA) is 54.4 Å². The second-order valence-corrected chi connectivity index (χ2v) is 5.24. The van der Waals surface area contributed by atoms with Crippen molar-refractivity contribution in [1.29, 1.82) is 0 Å². The van der Waals surface area contributed by atoms with E-state index < -0.39 is 24.2 Å². The second-order valence-electron chi connectivity index (χ2n) is 5.24. The Hall–Kier alpha value is -2.49. The Morgan fingerprint density at radius 1 is 1.04 bits per heavy atom. The van der Waals surface area contributed by atoms with E-state index in [9.17, 15) is 26.3 Å². The molecule has 1 heterocycles. The Labute approximate surface area is 144 Å². The van der Waals surface area contributed by atoms with Crippen molar-refractivity contribution in [3.05, 3.63) is 53.7 Å². The fraction of sp³-hybridized carbons (Fsp3) is 0.312. The van der Waals surface area contributed by atoms with Gasteiger partial charge in [0.2, 0.25) is 0 Å². The molecule has 1 atom stereocenters. The molecule has 10 heteroatoms. The standard InChI is InChI=1S/C16H14F6N2O2/c17-14(15(18,19)20)16(21,22)26-12-6-4-10(5-7-12)8-23-13-3-1-2-11(9-25)24-13/h1-7,14,25H,8-9H2,(H,23,24)/t14-/m0/s1. The Kier molecular flexibility index (Phi) is 5.96. The molecule has 0 radical (unpaired) electrons. The molecule has 26 heavy (non-hydrogen) atoms. The zero-order valence-corrected chi connectivity index (χ0v) is 13.1. The number of ether oxygens (including phenoxy) is 1. The van der Waals surface area contributed by atoms with Crippen LogP contribution in [0.3, 0.4) is 0 Å². The predicted molar refractivity (Wildman–Crippen MR) is 80.5 cm³/mol. The molecule has 2 N–H and O–H groups in total. The van der Waals surface area contributed by atoms with Crippen molar-refractivity contribution >= 4 is 5.82 Å². The summed E-state index contributed by atoms with van der Waals surface area (Å²) in [4.78, 5) is 4.08. The number of alkyl halides is 6. The van der Waals surface area contributed by atoms with Crippen LogP contribution in [0.25, 0.3) is 0 Å². The van der Waals surface area contributed by atoms with Gasteiger partial charge in [0.05, 0.1) is 12.3 Å². The van der Waals surface area contributed by atoms with E-state index in [1.807, 2.05) is 0 Å². The van der Waals surface area contributed by atoms with Crippen LogP contribution in [0, 0.1) is 0 Å². The van der Waals surface area contributed by atoms with Gasteiger partial charge in [-0.05, 0) is 29.8 Å². The molecular formula is C16H14F6N2O2. The molecule has 0 aliphatic rings. The van der Waals surface area contributed by atoms with Crippen LogP contribution < -0.4 is 10.1 Å². The Morgan fingerprint density at radius 3 is 2.27 bits per heavy atom. The van der Waals surface area contributed by atoms with Crippen molar-refractivity contribution in [2.24, 2.45) is 0 Å². The molecule has 2 rings (SSSR count). The van der Waals surface area contributed by atoms with Crippen molar-refractivity contribution < 1.29 is 36.2 Å². The van der Waals surface area contributed by atoms with Crippen molar-refractivity contribution in [3.63, 3.8) is 0 Å². The number of benzene rings is 1. The molecule has 0 aliphatic heterocycles. The summed E-state index contributed by atoms with van der Waals surface area (Å²) in [7, 11) is 0. The van der Waals surface area contributed by atoms with Gasteiger partial charge >= 0.3 is 12.3 Å². The molecule has 142 valence electrons. The fourth-order valence-electron chi connectivity index (χ4n) is 1.93. The maximum Gasteiger partial charge on any atom is 0.439 e. The zero-order valence-electron chi connectivity index (χ0n) is 13.1. The van der Waals surface area contributed by atoms with Crippen molar-refractivity contribution in [2.75, 3.05) is 5.32 Å². The first-order valence-electron chi connectivity index (χ1n) is 7.29. The van der Waals surface area contributed by atoms with Crippen LogP contribution in [0.5, 0.6) is 5.75 Å². The summed E-state index contributed by atoms with van der Waals surface area (Å²) >= 11 is 0. The van der Waals surface area contributed by atoms with Crippen LogP contribution in [-0.4, -0.2) is 28.5 Å². The third-order valence-corrected chi connectivity index (χ3v) is 3.20. The van der Waals surface area contributed by atoms with E-state index in [4.69, 9.17) is 5.11 Å². The highest BCUT2D eigenvalue weighted by atomic mass is 19.4. The van der Waals surface area contributed by atoms with Gasteiger partial charge in [0.1, 0.15) is 11.6 Å². The molecule has 0 unspecified atom stereocenters. The minimum atomic E-state index is -5.73. The van der Waals surface area contributed by atoms with Crippen molar-refractivity contribution in [3.8, 4) is 5.75 Å². The Morgan fingerprint density at radius 2 is 1.69 bits per heavy atom. The minimum Gasteiger partial charge on any atom is -0.430 e. The lowest BCUT2D eigenvalue weighted by Crippen LogP contribution is -2.45. The second kappa shape index (κ2) is 7.81. The van der Waals surface area contributed by atoms with Crippen molar-refractivity contribution in [1.82, 2.24) is 4.98 Å². The molecular weight excluding hydrogens is 366 g/mol. The van der Waals surface area contributed by atoms with E-state index in [2.05, 4.69) is 15.0 Å². The molecule has 0 fully saturated rings. The van der Waals surface area contributed by atoms with Crippen LogP contribution >= 0.6 is 0 Å². The number of halogens is 6. The number of rotatable bonds is 7. The number of nitrogens with one attached hydrogen (secondary N) is 1. The smallest absolute Gasteiger partial charge is 0.430 e. The number of hydrogen-bond donors (Lipinski definition) is 2. The van der Waals surface area contributed by atoms with E-state index in [0.717, 1.165) is 12.1 Å². The first-order valence-corrected chi connectivity index (χ1v) is 7.29. The first kappa shape index (κ1) is 19.8. The molecule has 0 saturated carbocycles. The maximum atomic E-state index is 13.2. The summed E-state index contributed by atoms with van der Waals surface area (Å²) in [6, 6.07) is 9.61. The van der Waals surface area contributed by atoms with Crippen LogP contribution in [0.2, 0.25) is 0 Å². The molecule has 0 amide bonds. The molecule has 1 aromatic heterocycles. The normalized spacial score (nSPS) is 13.3. The number of pyridine rings is 1. The molecule has 2 aromatic rings. The van der Waals surface area contributed by atoms with E-state index in [-0.39, 0.29) is 13.2 Å². The lowest BCUT2D eigenvalue weighted by molar-refractivity contribution is -0.304. The average Bonchev–Trinajstić information content (AvgIpc) is 2.59. The Balaban J connectivity index is 1.97. The van der Waals surface area contributed by atoms with E-state index in [1.165, 1.54) is 12.1 Å². The molecule has 1 aromatic carbocycles. The van der Waals surface area contributed by atoms with Gasteiger partial charge in [-0.3, -0.25) is 0 Å². The monoisotopic (exact) mass is 380 g/mol. The molecule has 4 nitrogen and oxygen atoms in total. The Bertz CT molecular complexity index is 721. The van der Waals surface area contributed by atoms with Gasteiger partial charge in [0.25, 0.3) is 6.17 Å². The SMILES string of the molecule is OCc1cccc(NCc2ccc(OC(F)(F)[C@@H](F)C(F)(F)F)cc2)n1. The number of aliphatic hydroxyl groups excluding tert-OH is 1. The lowest BCUT2D eigenvalue weighted by atomic mass is 10.2. The van der Waals surface area contributed by atoms with Gasteiger partial charge in [-0.1, -0.05) is 18.2 Å². The summed E-state index contributed by atoms with van der Waals surface area (Å²) in [5.74, 6) is -0.139. The largest absolute Gasteiger partial charge is 0.439 e. The highest BCUT2D eigenvalue weighted by Gasteiger charge is 2.59. The van der Waals surface area contributed by atoms with Gasteiger partial charge in [-0.2, -0.15) is 22.0 Å². The maximum absolute atomic E-state index is 13.2. The fourth-order valence-corrected chi connectivity index (χ4v) is 1.93. The predicted octanol–water partition coefficient (Wildman–Crippen LogP) is 4.06. The van der Waals surface area contributed by atoms with E-state index >= 15 is 0 Å². The third-order valence-electron chi connectivity index (χ3n) is 3.20. The summed E-state index contributed by atoms with van der Waals surface area (Å²) in [5.41, 5.74) is 1.04. The number of nitrogens with zero attached hydrogens (tertiary/aromatic N) is 1. The van der Waals surface area contributed by atoms with E-state index in [1.54, 1.807) is 18.2 Å². The summed E-state index contributed by atoms with van der Waals surface area (Å²) < 4.78 is 79.2. The van der Waals surface area contributed by atoms with Gasteiger partial charge in [-0.25, -0.2) is 9.37 Å². The first-order chi connectivity index (χ1) is 12.1. The summed E-state index contributed by atoms with van der Waals surface area (Å²) in [5, 5.41) is 11.9. The molecule has 0 saturated heterocycles. The number of aromatic nitrogens is 1. The number of hydrogen-bond acceptors (Lipinski definition) is 4. The van der Waals surface area contributed by atoms with Gasteiger partial charge < -0.3 is 15.2 Å². The highest BCUT2D eigenvalue weighted by Crippen LogP contribution is 2.36. The molecule has 0 aliphatic carbocycles. The van der Waals surface area contributed by atoms with Crippen LogP contribution in [0.4, 0.5) is 32.2 Å². The van der Waals surface area contributed by atoms with Gasteiger partial charge in [0, 0.05) is 6.54 Å². The summed E-state index contributed by atoms with van der Waals surface area (Å²) in [6.07, 6.45) is -15.2. The van der Waals surface area contributed by atoms with Crippen LogP contribution in [-0.2, 0) is 13.2 Å². The molecule has 0 spiro atoms. The number of aliphatic hydroxyl groups is 1. The molecule has 0 bridgehead atoms. The van der Waals surface area contributed by atoms with Crippen molar-refractivity contribution in [2.45, 2.75) is 31.6 Å². The van der Waals surface area contributed by atoms with Gasteiger partial charge in [0.15, 0.2) is 0 Å². The number of anilines is 1. The lowest BCUT2D eigenvalue weighted by Gasteiger charge is -2.23. The van der Waals surface area contributed by atoms with Crippen LogP contribution in [0.1, 0.15) is 11.3 Å². The quantitative estimate of drug-likeness (QED) is 0.712. The van der Waals surface area contributed by atoms with E-state index in [0.29, 0.717) is 17.1 Å². The summed E-state index contributed by atoms with van der Waals surface area (Å²) in [6.45, 7) is -0.00387.